The van der Waals surface area contributed by atoms with E-state index in [0.717, 1.165) is 28.1 Å². The molecule has 0 unspecified atom stereocenters. The predicted octanol–water partition coefficient (Wildman–Crippen LogP) is 3.91. The van der Waals surface area contributed by atoms with E-state index in [1.807, 2.05) is 39.0 Å². The maximum atomic E-state index is 11.9. The summed E-state index contributed by atoms with van der Waals surface area (Å²) < 4.78 is 0. The van der Waals surface area contributed by atoms with Gasteiger partial charge in [0.05, 0.1) is 12.3 Å². The minimum atomic E-state index is -0.204. The molecule has 0 heterocycles. The van der Waals surface area contributed by atoms with Crippen molar-refractivity contribution in [2.75, 3.05) is 11.9 Å². The third-order valence-corrected chi connectivity index (χ3v) is 3.68. The minimum absolute atomic E-state index is 0.144. The fourth-order valence-corrected chi connectivity index (χ4v) is 2.25. The number of carbonyl (C=O) groups is 1. The number of nitrogens with zero attached hydrogens (tertiary/aromatic N) is 1. The van der Waals surface area contributed by atoms with E-state index in [4.69, 9.17) is 11.6 Å². The second kappa shape index (κ2) is 7.79. The Labute approximate surface area is 141 Å². The van der Waals surface area contributed by atoms with Crippen molar-refractivity contribution in [1.82, 2.24) is 5.43 Å². The van der Waals surface area contributed by atoms with Crippen molar-refractivity contribution in [1.29, 1.82) is 0 Å². The first kappa shape index (κ1) is 17.0. The maximum absolute atomic E-state index is 11.9. The van der Waals surface area contributed by atoms with Gasteiger partial charge in [-0.2, -0.15) is 5.10 Å². The van der Waals surface area contributed by atoms with Crippen LogP contribution < -0.4 is 10.7 Å². The van der Waals surface area contributed by atoms with E-state index in [-0.39, 0.29) is 12.5 Å². The minimum Gasteiger partial charge on any atom is -0.376 e. The van der Waals surface area contributed by atoms with E-state index in [1.54, 1.807) is 12.1 Å². The van der Waals surface area contributed by atoms with Crippen LogP contribution in [0.25, 0.3) is 0 Å². The third-order valence-electron chi connectivity index (χ3n) is 3.43. The van der Waals surface area contributed by atoms with Gasteiger partial charge in [-0.25, -0.2) is 5.43 Å². The fourth-order valence-electron chi connectivity index (χ4n) is 2.12. The van der Waals surface area contributed by atoms with Gasteiger partial charge in [0.25, 0.3) is 5.91 Å². The Balaban J connectivity index is 1.92. The molecule has 0 bridgehead atoms. The highest BCUT2D eigenvalue weighted by Crippen LogP contribution is 2.13. The van der Waals surface area contributed by atoms with Gasteiger partial charge in [0, 0.05) is 16.3 Å². The lowest BCUT2D eigenvalue weighted by Gasteiger charge is -2.08. The molecule has 2 rings (SSSR count). The van der Waals surface area contributed by atoms with Crippen molar-refractivity contribution in [3.63, 3.8) is 0 Å². The number of carbonyl (C=O) groups excluding carboxylic acids is 1. The van der Waals surface area contributed by atoms with Crippen LogP contribution in [0.3, 0.4) is 0 Å². The Hall–Kier alpha value is -2.33. The van der Waals surface area contributed by atoms with Gasteiger partial charge in [-0.3, -0.25) is 4.79 Å². The first-order valence-corrected chi connectivity index (χ1v) is 7.73. The zero-order valence-electron chi connectivity index (χ0n) is 13.5. The summed E-state index contributed by atoms with van der Waals surface area (Å²) in [6.45, 7) is 6.09. The molecular formula is C18H20ClN3O. The monoisotopic (exact) mass is 329 g/mol. The Morgan fingerprint density at radius 1 is 1.13 bits per heavy atom. The van der Waals surface area contributed by atoms with Crippen molar-refractivity contribution in [3.8, 4) is 0 Å². The van der Waals surface area contributed by atoms with Crippen molar-refractivity contribution < 1.29 is 4.79 Å². The number of aryl methyl sites for hydroxylation is 2. The van der Waals surface area contributed by atoms with Gasteiger partial charge >= 0.3 is 0 Å². The highest BCUT2D eigenvalue weighted by atomic mass is 35.5. The van der Waals surface area contributed by atoms with E-state index in [0.29, 0.717) is 5.02 Å². The van der Waals surface area contributed by atoms with Gasteiger partial charge in [-0.15, -0.1) is 0 Å². The molecule has 23 heavy (non-hydrogen) atoms. The van der Waals surface area contributed by atoms with Crippen LogP contribution in [-0.4, -0.2) is 18.2 Å². The zero-order valence-corrected chi connectivity index (χ0v) is 14.2. The van der Waals surface area contributed by atoms with E-state index in [9.17, 15) is 4.79 Å². The molecule has 120 valence electrons. The van der Waals surface area contributed by atoms with Crippen molar-refractivity contribution in [3.05, 3.63) is 64.2 Å². The van der Waals surface area contributed by atoms with Crippen LogP contribution in [0.1, 0.15) is 23.6 Å². The van der Waals surface area contributed by atoms with Gasteiger partial charge in [0.15, 0.2) is 0 Å². The summed E-state index contributed by atoms with van der Waals surface area (Å²) >= 11 is 5.82. The molecule has 2 N–H and O–H groups in total. The summed E-state index contributed by atoms with van der Waals surface area (Å²) in [6.07, 6.45) is 0. The Morgan fingerprint density at radius 3 is 2.52 bits per heavy atom. The standard InChI is InChI=1S/C18H20ClN3O/c1-12-4-5-13(2)17(10-12)14(3)21-22-18(23)11-20-16-8-6-15(19)7-9-16/h4-10,20H,11H2,1-3H3,(H,22,23)/b21-14-. The molecule has 0 radical (unpaired) electrons. The van der Waals surface area contributed by atoms with E-state index in [1.165, 1.54) is 0 Å². The molecule has 0 aliphatic carbocycles. The van der Waals surface area contributed by atoms with E-state index in [2.05, 4.69) is 28.0 Å². The number of anilines is 1. The normalized spacial score (nSPS) is 11.2. The smallest absolute Gasteiger partial charge is 0.259 e. The molecule has 2 aromatic rings. The largest absolute Gasteiger partial charge is 0.376 e. The summed E-state index contributed by atoms with van der Waals surface area (Å²) in [7, 11) is 0. The number of amides is 1. The van der Waals surface area contributed by atoms with Crippen LogP contribution >= 0.6 is 11.6 Å². The second-order valence-corrected chi connectivity index (χ2v) is 5.85. The summed E-state index contributed by atoms with van der Waals surface area (Å²) in [5.74, 6) is -0.204. The molecule has 0 spiro atoms. The van der Waals surface area contributed by atoms with Crippen LogP contribution in [0.4, 0.5) is 5.69 Å². The average molecular weight is 330 g/mol. The fraction of sp³-hybridized carbons (Fsp3) is 0.222. The number of hydrogen-bond donors (Lipinski definition) is 2. The van der Waals surface area contributed by atoms with Gasteiger partial charge in [0.2, 0.25) is 0 Å². The maximum Gasteiger partial charge on any atom is 0.259 e. The summed E-state index contributed by atoms with van der Waals surface area (Å²) in [4.78, 5) is 11.9. The molecular weight excluding hydrogens is 310 g/mol. The molecule has 0 atom stereocenters. The number of hydrazone groups is 1. The van der Waals surface area contributed by atoms with Crippen molar-refractivity contribution in [2.45, 2.75) is 20.8 Å². The van der Waals surface area contributed by atoms with Crippen LogP contribution in [0, 0.1) is 13.8 Å². The lowest BCUT2D eigenvalue weighted by molar-refractivity contribution is -0.119. The van der Waals surface area contributed by atoms with Crippen LogP contribution in [0.5, 0.6) is 0 Å². The Bertz CT molecular complexity index is 724. The molecule has 2 aromatic carbocycles. The number of rotatable bonds is 5. The Morgan fingerprint density at radius 2 is 1.83 bits per heavy atom. The van der Waals surface area contributed by atoms with Gasteiger partial charge in [-0.1, -0.05) is 29.3 Å². The van der Waals surface area contributed by atoms with Crippen LogP contribution in [0.15, 0.2) is 47.6 Å². The van der Waals surface area contributed by atoms with Gasteiger partial charge < -0.3 is 5.32 Å². The number of halogens is 1. The summed E-state index contributed by atoms with van der Waals surface area (Å²) in [5, 5.41) is 7.86. The number of nitrogens with one attached hydrogen (secondary N) is 2. The zero-order chi connectivity index (χ0) is 16.8. The first-order valence-electron chi connectivity index (χ1n) is 7.36. The molecule has 0 aliphatic rings. The lowest BCUT2D eigenvalue weighted by atomic mass is 10.0. The van der Waals surface area contributed by atoms with E-state index >= 15 is 0 Å². The molecule has 0 aliphatic heterocycles. The molecule has 4 nitrogen and oxygen atoms in total. The quantitative estimate of drug-likeness (QED) is 0.645. The summed E-state index contributed by atoms with van der Waals surface area (Å²) in [6, 6.07) is 13.3. The van der Waals surface area contributed by atoms with Crippen molar-refractivity contribution in [2.24, 2.45) is 5.10 Å². The highest BCUT2D eigenvalue weighted by Gasteiger charge is 2.04. The first-order chi connectivity index (χ1) is 11.0. The van der Waals surface area contributed by atoms with Crippen LogP contribution in [-0.2, 0) is 4.79 Å². The molecule has 0 saturated carbocycles. The second-order valence-electron chi connectivity index (χ2n) is 5.41. The number of benzene rings is 2. The lowest BCUT2D eigenvalue weighted by Crippen LogP contribution is -2.26. The van der Waals surface area contributed by atoms with Crippen molar-refractivity contribution >= 4 is 28.9 Å². The average Bonchev–Trinajstić information content (AvgIpc) is 2.54. The number of hydrogen-bond acceptors (Lipinski definition) is 3. The van der Waals surface area contributed by atoms with E-state index < -0.39 is 0 Å². The highest BCUT2D eigenvalue weighted by molar-refractivity contribution is 6.30. The molecule has 1 amide bonds. The topological polar surface area (TPSA) is 53.5 Å². The van der Waals surface area contributed by atoms with Gasteiger partial charge in [-0.05, 0) is 56.7 Å². The third kappa shape index (κ3) is 5.11. The Kier molecular flexibility index (Phi) is 5.77. The predicted molar refractivity (Wildman–Crippen MR) is 96.2 cm³/mol. The van der Waals surface area contributed by atoms with Gasteiger partial charge in [0.1, 0.15) is 0 Å². The molecule has 5 heteroatoms. The molecule has 0 aromatic heterocycles. The van der Waals surface area contributed by atoms with Crippen LogP contribution in [0.2, 0.25) is 5.02 Å². The SMILES string of the molecule is C/C(=N/NC(=O)CNc1ccc(Cl)cc1)c1cc(C)ccc1C. The molecule has 0 fully saturated rings. The summed E-state index contributed by atoms with van der Waals surface area (Å²) in [5.41, 5.74) is 7.52. The molecule has 0 saturated heterocycles.